The Morgan fingerprint density at radius 1 is 0.481 bits per heavy atom. The van der Waals surface area contributed by atoms with Gasteiger partial charge in [0.1, 0.15) is 0 Å². The summed E-state index contributed by atoms with van der Waals surface area (Å²) in [6.45, 7) is 2.40. The lowest BCUT2D eigenvalue weighted by molar-refractivity contribution is 1.49. The van der Waals surface area contributed by atoms with Crippen molar-refractivity contribution in [2.24, 2.45) is 0 Å². The van der Waals surface area contributed by atoms with Crippen LogP contribution >= 0.6 is 9.24 Å². The fraction of sp³-hybridized carbons (Fsp3) is 0.0400. The average molecular weight is 366 g/mol. The Kier molecular flexibility index (Phi) is 7.02. The van der Waals surface area contributed by atoms with Crippen LogP contribution in [-0.2, 0) is 0 Å². The fourth-order valence-corrected chi connectivity index (χ4v) is 3.27. The molecule has 4 aromatic rings. The zero-order valence-corrected chi connectivity index (χ0v) is 16.8. The molecule has 0 amide bonds. The minimum atomic E-state index is 0.309. The molecular weight excluding hydrogens is 342 g/mol. The van der Waals surface area contributed by atoms with Crippen molar-refractivity contribution >= 4 is 37.6 Å². The van der Waals surface area contributed by atoms with Crippen molar-refractivity contribution < 1.29 is 0 Å². The van der Waals surface area contributed by atoms with Crippen LogP contribution in [0, 0.1) is 6.92 Å². The van der Waals surface area contributed by atoms with E-state index in [9.17, 15) is 0 Å². The molecule has 132 valence electrons. The van der Waals surface area contributed by atoms with E-state index in [-0.39, 0.29) is 0 Å². The van der Waals surface area contributed by atoms with Crippen LogP contribution in [0.4, 0.5) is 0 Å². The normalized spacial score (nSPS) is 9.85. The van der Waals surface area contributed by atoms with E-state index in [1.807, 2.05) is 0 Å². The van der Waals surface area contributed by atoms with Crippen LogP contribution in [0.25, 0.3) is 0 Å². The Balaban J connectivity index is 0.000000221. The first-order valence-corrected chi connectivity index (χ1v) is 9.79. The van der Waals surface area contributed by atoms with Gasteiger partial charge in [-0.25, -0.2) is 0 Å². The molecule has 0 saturated carbocycles. The van der Waals surface area contributed by atoms with E-state index in [0.717, 1.165) is 0 Å². The van der Waals surface area contributed by atoms with Crippen molar-refractivity contribution in [1.29, 1.82) is 0 Å². The molecule has 1 unspecified atom stereocenters. The van der Waals surface area contributed by atoms with Gasteiger partial charge >= 0.3 is 0 Å². The van der Waals surface area contributed by atoms with Gasteiger partial charge in [0.05, 0.1) is 0 Å². The molecule has 0 fully saturated rings. The summed E-state index contributed by atoms with van der Waals surface area (Å²) < 4.78 is 0. The van der Waals surface area contributed by atoms with Gasteiger partial charge in [0.15, 0.2) is 0 Å². The second-order valence-corrected chi connectivity index (χ2v) is 7.24. The van der Waals surface area contributed by atoms with Crippen LogP contribution in [0.15, 0.2) is 115 Å². The lowest BCUT2D eigenvalue weighted by atomic mass is 9.37. The van der Waals surface area contributed by atoms with E-state index in [0.29, 0.717) is 6.71 Å². The van der Waals surface area contributed by atoms with Gasteiger partial charge in [-0.3, -0.25) is 0 Å². The molecular formula is C25H24BP. The van der Waals surface area contributed by atoms with Crippen LogP contribution in [0.3, 0.4) is 0 Å². The number of benzene rings is 4. The maximum absolute atomic E-state index is 2.65. The van der Waals surface area contributed by atoms with E-state index in [4.69, 9.17) is 0 Å². The summed E-state index contributed by atoms with van der Waals surface area (Å²) in [5.74, 6) is 0. The van der Waals surface area contributed by atoms with Crippen molar-refractivity contribution in [3.63, 3.8) is 0 Å². The van der Waals surface area contributed by atoms with Gasteiger partial charge in [-0.15, -0.1) is 9.24 Å². The number of hydrogen-bond acceptors (Lipinski definition) is 0. The van der Waals surface area contributed by atoms with E-state index < -0.39 is 0 Å². The lowest BCUT2D eigenvalue weighted by Crippen LogP contribution is -2.51. The SMILES string of the molecule is Cc1ccc(P)cc1.c1ccc(B(c2ccccc2)c2ccccc2)cc1. The zero-order chi connectivity index (χ0) is 18.9. The molecule has 0 radical (unpaired) electrons. The smallest absolute Gasteiger partial charge is 0.106 e. The van der Waals surface area contributed by atoms with Gasteiger partial charge < -0.3 is 0 Å². The first-order valence-electron chi connectivity index (χ1n) is 9.21. The molecule has 4 aromatic carbocycles. The minimum absolute atomic E-state index is 0.309. The fourth-order valence-electron chi connectivity index (χ4n) is 3.08. The minimum Gasteiger partial charge on any atom is -0.106 e. The highest BCUT2D eigenvalue weighted by atomic mass is 31.0. The highest BCUT2D eigenvalue weighted by molar-refractivity contribution is 7.27. The maximum Gasteiger partial charge on any atom is 0.241 e. The van der Waals surface area contributed by atoms with Crippen LogP contribution in [-0.4, -0.2) is 6.71 Å². The van der Waals surface area contributed by atoms with Gasteiger partial charge in [0, 0.05) is 0 Å². The number of aryl methyl sites for hydroxylation is 1. The molecule has 2 heteroatoms. The number of hydrogen-bond donors (Lipinski definition) is 0. The van der Waals surface area contributed by atoms with Crippen LogP contribution in [0.5, 0.6) is 0 Å². The Bertz CT molecular complexity index is 805. The summed E-state index contributed by atoms with van der Waals surface area (Å²) in [4.78, 5) is 0. The lowest BCUT2D eigenvalue weighted by Gasteiger charge is -2.15. The van der Waals surface area contributed by atoms with Crippen LogP contribution < -0.4 is 21.7 Å². The third kappa shape index (κ3) is 5.68. The van der Waals surface area contributed by atoms with Crippen LogP contribution in [0.1, 0.15) is 5.56 Å². The van der Waals surface area contributed by atoms with Crippen molar-refractivity contribution in [1.82, 2.24) is 0 Å². The Hall–Kier alpha value is -2.63. The second-order valence-electron chi connectivity index (χ2n) is 6.58. The van der Waals surface area contributed by atoms with Gasteiger partial charge in [-0.1, -0.05) is 137 Å². The summed E-state index contributed by atoms with van der Waals surface area (Å²) in [6.07, 6.45) is 0. The summed E-state index contributed by atoms with van der Waals surface area (Å²) in [7, 11) is 2.65. The maximum atomic E-state index is 2.65. The molecule has 27 heavy (non-hydrogen) atoms. The van der Waals surface area contributed by atoms with E-state index in [1.165, 1.54) is 27.3 Å². The molecule has 0 aliphatic rings. The van der Waals surface area contributed by atoms with Gasteiger partial charge in [0.25, 0.3) is 0 Å². The summed E-state index contributed by atoms with van der Waals surface area (Å²) in [5, 5.41) is 1.25. The van der Waals surface area contributed by atoms with Crippen molar-refractivity contribution in [2.45, 2.75) is 6.92 Å². The van der Waals surface area contributed by atoms with Gasteiger partial charge in [-0.05, 0) is 12.2 Å². The standard InChI is InChI=1S/C18H15B.C7H9P/c1-4-10-16(11-5-1)19(17-12-6-2-7-13-17)18-14-8-3-9-15-18;1-6-2-4-7(8)5-3-6/h1-15H;2-5H,8H2,1H3. The molecule has 1 atom stereocenters. The predicted molar refractivity (Wildman–Crippen MR) is 125 cm³/mol. The summed E-state index contributed by atoms with van der Waals surface area (Å²) in [6, 6.07) is 40.4. The topological polar surface area (TPSA) is 0 Å². The number of rotatable bonds is 3. The van der Waals surface area contributed by atoms with Crippen molar-refractivity contribution in [3.05, 3.63) is 121 Å². The molecule has 0 heterocycles. The molecule has 0 aliphatic heterocycles. The van der Waals surface area contributed by atoms with E-state index in [2.05, 4.69) is 131 Å². The third-order valence-corrected chi connectivity index (χ3v) is 4.86. The molecule has 0 saturated heterocycles. The molecule has 4 rings (SSSR count). The molecule has 0 bridgehead atoms. The first kappa shape index (κ1) is 19.1. The van der Waals surface area contributed by atoms with E-state index in [1.54, 1.807) is 0 Å². The van der Waals surface area contributed by atoms with Crippen molar-refractivity contribution in [3.8, 4) is 0 Å². The molecule has 0 spiro atoms. The summed E-state index contributed by atoms with van der Waals surface area (Å²) in [5.41, 5.74) is 5.32. The largest absolute Gasteiger partial charge is 0.241 e. The Morgan fingerprint density at radius 3 is 1.11 bits per heavy atom. The van der Waals surface area contributed by atoms with Gasteiger partial charge in [-0.2, -0.15) is 0 Å². The highest BCUT2D eigenvalue weighted by Gasteiger charge is 2.20. The predicted octanol–water partition coefficient (Wildman–Crippen LogP) is 3.70. The highest BCUT2D eigenvalue weighted by Crippen LogP contribution is 1.96. The molecule has 0 nitrogen and oxygen atoms in total. The quantitative estimate of drug-likeness (QED) is 0.383. The first-order chi connectivity index (χ1) is 13.2. The monoisotopic (exact) mass is 366 g/mol. The Labute approximate surface area is 165 Å². The van der Waals surface area contributed by atoms with Crippen LogP contribution in [0.2, 0.25) is 0 Å². The van der Waals surface area contributed by atoms with E-state index >= 15 is 0 Å². The zero-order valence-electron chi connectivity index (χ0n) is 15.6. The summed E-state index contributed by atoms with van der Waals surface area (Å²) >= 11 is 0. The second kappa shape index (κ2) is 9.90. The Morgan fingerprint density at radius 2 is 0.815 bits per heavy atom. The third-order valence-electron chi connectivity index (χ3n) is 4.48. The van der Waals surface area contributed by atoms with Gasteiger partial charge in [0.2, 0.25) is 6.71 Å². The molecule has 0 N–H and O–H groups in total. The molecule has 0 aromatic heterocycles. The average Bonchev–Trinajstić information content (AvgIpc) is 2.73. The van der Waals surface area contributed by atoms with Crippen molar-refractivity contribution in [2.75, 3.05) is 0 Å². The molecule has 0 aliphatic carbocycles.